The normalized spacial score (nSPS) is 15.4. The highest BCUT2D eigenvalue weighted by molar-refractivity contribution is 9.10. The number of nitrogens with zero attached hydrogens (tertiary/aromatic N) is 4. The molecule has 0 saturated carbocycles. The van der Waals surface area contributed by atoms with Crippen molar-refractivity contribution in [1.29, 1.82) is 0 Å². The van der Waals surface area contributed by atoms with Crippen LogP contribution in [-0.2, 0) is 0 Å². The van der Waals surface area contributed by atoms with Crippen molar-refractivity contribution in [2.75, 3.05) is 5.01 Å². The van der Waals surface area contributed by atoms with Crippen molar-refractivity contribution < 1.29 is 0 Å². The number of hydrogen-bond acceptors (Lipinski definition) is 4. The fraction of sp³-hybridized carbons (Fsp3) is 0.100. The number of hydrogen-bond donors (Lipinski definition) is 0. The molecule has 1 aliphatic heterocycles. The van der Waals surface area contributed by atoms with Crippen LogP contribution < -0.4 is 5.01 Å². The lowest BCUT2D eigenvalue weighted by Gasteiger charge is -2.23. The highest BCUT2D eigenvalue weighted by Gasteiger charge is 2.32. The van der Waals surface area contributed by atoms with Gasteiger partial charge in [0.25, 0.3) is 0 Å². The quantitative estimate of drug-likeness (QED) is 0.224. The molecule has 1 atom stereocenters. The Morgan fingerprint density at radius 1 is 0.833 bits per heavy atom. The zero-order valence-corrected chi connectivity index (χ0v) is 21.9. The van der Waals surface area contributed by atoms with Crippen LogP contribution in [0.1, 0.15) is 29.2 Å². The molecule has 1 aliphatic rings. The first-order valence-electron chi connectivity index (χ1n) is 11.8. The maximum Gasteiger partial charge on any atom is 0.247 e. The molecule has 4 nitrogen and oxygen atoms in total. The summed E-state index contributed by atoms with van der Waals surface area (Å²) in [5.41, 5.74) is 7.19. The second-order valence-corrected chi connectivity index (χ2v) is 10.3. The van der Waals surface area contributed by atoms with E-state index in [2.05, 4.69) is 83.5 Å². The van der Waals surface area contributed by atoms with Crippen molar-refractivity contribution >= 4 is 50.1 Å². The lowest BCUT2D eigenvalue weighted by molar-refractivity contribution is 0.689. The van der Waals surface area contributed by atoms with Gasteiger partial charge < -0.3 is 0 Å². The van der Waals surface area contributed by atoms with Crippen LogP contribution in [0, 0.1) is 6.92 Å². The smallest absolute Gasteiger partial charge is 0.223 e. The minimum atomic E-state index is -0.0259. The van der Waals surface area contributed by atoms with E-state index in [0.29, 0.717) is 11.0 Å². The minimum Gasteiger partial charge on any atom is -0.223 e. The number of fused-ring (bicyclic) bond motifs is 1. The maximum atomic E-state index is 6.37. The molecule has 4 aromatic carbocycles. The Morgan fingerprint density at radius 3 is 2.39 bits per heavy atom. The molecular weight excluding hydrogens is 532 g/mol. The first kappa shape index (κ1) is 22.9. The second kappa shape index (κ2) is 9.49. The molecule has 0 radical (unpaired) electrons. The van der Waals surface area contributed by atoms with Gasteiger partial charge in [0.05, 0.1) is 23.0 Å². The lowest BCUT2D eigenvalue weighted by atomic mass is 9.98. The van der Waals surface area contributed by atoms with Crippen molar-refractivity contribution in [2.45, 2.75) is 19.4 Å². The fourth-order valence-electron chi connectivity index (χ4n) is 4.65. The van der Waals surface area contributed by atoms with Crippen LogP contribution in [0.5, 0.6) is 0 Å². The zero-order valence-electron chi connectivity index (χ0n) is 19.6. The van der Waals surface area contributed by atoms with Gasteiger partial charge in [-0.15, -0.1) is 0 Å². The summed E-state index contributed by atoms with van der Waals surface area (Å²) in [6, 6.07) is 32.8. The van der Waals surface area contributed by atoms with E-state index in [-0.39, 0.29) is 6.04 Å². The van der Waals surface area contributed by atoms with Crippen LogP contribution in [0.15, 0.2) is 107 Å². The average Bonchev–Trinajstić information content (AvgIpc) is 3.35. The van der Waals surface area contributed by atoms with E-state index in [1.165, 1.54) is 5.56 Å². The summed E-state index contributed by atoms with van der Waals surface area (Å²) in [4.78, 5) is 10.0. The van der Waals surface area contributed by atoms with Crippen molar-refractivity contribution in [3.8, 4) is 11.3 Å². The van der Waals surface area contributed by atoms with Gasteiger partial charge in [-0.3, -0.25) is 0 Å². The largest absolute Gasteiger partial charge is 0.247 e. The summed E-state index contributed by atoms with van der Waals surface area (Å²) in [5, 5.41) is 8.64. The number of halogens is 2. The SMILES string of the molecule is Cc1cccc(C2=NN(c3nc(-c4ccccc4)c4cc(Cl)ccc4n3)[C@H](c3ccc(Br)cc3)C2)c1. The molecule has 0 amide bonds. The summed E-state index contributed by atoms with van der Waals surface area (Å²) < 4.78 is 1.04. The summed E-state index contributed by atoms with van der Waals surface area (Å²) in [7, 11) is 0. The highest BCUT2D eigenvalue weighted by Crippen LogP contribution is 2.38. The topological polar surface area (TPSA) is 41.4 Å². The fourth-order valence-corrected chi connectivity index (χ4v) is 5.08. The molecule has 0 bridgehead atoms. The van der Waals surface area contributed by atoms with Crippen LogP contribution in [0.3, 0.4) is 0 Å². The van der Waals surface area contributed by atoms with E-state index in [9.17, 15) is 0 Å². The van der Waals surface area contributed by atoms with E-state index < -0.39 is 0 Å². The molecular formula is C30H22BrClN4. The Labute approximate surface area is 223 Å². The van der Waals surface area contributed by atoms with E-state index >= 15 is 0 Å². The number of aromatic nitrogens is 2. The predicted molar refractivity (Wildman–Crippen MR) is 152 cm³/mol. The summed E-state index contributed by atoms with van der Waals surface area (Å²) >= 11 is 9.93. The number of aryl methyl sites for hydroxylation is 1. The monoisotopic (exact) mass is 552 g/mol. The molecule has 36 heavy (non-hydrogen) atoms. The molecule has 176 valence electrons. The van der Waals surface area contributed by atoms with Crippen LogP contribution in [-0.4, -0.2) is 15.7 Å². The van der Waals surface area contributed by atoms with Crippen LogP contribution in [0.2, 0.25) is 5.02 Å². The summed E-state index contributed by atoms with van der Waals surface area (Å²) in [6.07, 6.45) is 0.758. The van der Waals surface area contributed by atoms with E-state index in [0.717, 1.165) is 49.9 Å². The van der Waals surface area contributed by atoms with Gasteiger partial charge in [0, 0.05) is 26.9 Å². The average molecular weight is 554 g/mol. The zero-order chi connectivity index (χ0) is 24.6. The van der Waals surface area contributed by atoms with Crippen molar-refractivity contribution in [3.05, 3.63) is 123 Å². The van der Waals surface area contributed by atoms with Gasteiger partial charge in [0.15, 0.2) is 0 Å². The number of anilines is 1. The lowest BCUT2D eigenvalue weighted by Crippen LogP contribution is -2.21. The van der Waals surface area contributed by atoms with E-state index in [1.54, 1.807) is 0 Å². The van der Waals surface area contributed by atoms with Crippen molar-refractivity contribution in [2.24, 2.45) is 5.10 Å². The Hall–Kier alpha value is -3.54. The van der Waals surface area contributed by atoms with Crippen LogP contribution >= 0.6 is 27.5 Å². The van der Waals surface area contributed by atoms with Crippen molar-refractivity contribution in [1.82, 2.24) is 9.97 Å². The summed E-state index contributed by atoms with van der Waals surface area (Å²) in [6.45, 7) is 2.10. The molecule has 1 aromatic heterocycles. The molecule has 0 saturated heterocycles. The Balaban J connectivity index is 1.54. The Kier molecular flexibility index (Phi) is 6.04. The molecule has 0 aliphatic carbocycles. The van der Waals surface area contributed by atoms with Gasteiger partial charge in [0.2, 0.25) is 5.95 Å². The molecule has 0 spiro atoms. The summed E-state index contributed by atoms with van der Waals surface area (Å²) in [5.74, 6) is 0.569. The molecule has 0 unspecified atom stereocenters. The van der Waals surface area contributed by atoms with Crippen LogP contribution in [0.25, 0.3) is 22.2 Å². The Bertz CT molecular complexity index is 1600. The van der Waals surface area contributed by atoms with Gasteiger partial charge in [0.1, 0.15) is 0 Å². The standard InChI is InChI=1S/C30H22BrClN4/c1-19-6-5-9-22(16-19)27-18-28(20-10-12-23(31)13-11-20)36(35-27)30-33-26-15-14-24(32)17-25(26)29(34-30)21-7-3-2-4-8-21/h2-17,28H,18H2,1H3/t28-/m0/s1. The van der Waals surface area contributed by atoms with Gasteiger partial charge in [-0.05, 0) is 48.4 Å². The van der Waals surface area contributed by atoms with Crippen LogP contribution in [0.4, 0.5) is 5.95 Å². The van der Waals surface area contributed by atoms with Gasteiger partial charge in [-0.25, -0.2) is 15.0 Å². The first-order chi connectivity index (χ1) is 17.5. The highest BCUT2D eigenvalue weighted by atomic mass is 79.9. The molecule has 5 aromatic rings. The third-order valence-corrected chi connectivity index (χ3v) is 7.18. The number of rotatable bonds is 4. The van der Waals surface area contributed by atoms with Crippen molar-refractivity contribution in [3.63, 3.8) is 0 Å². The second-order valence-electron chi connectivity index (χ2n) is 8.93. The molecule has 0 fully saturated rings. The van der Waals surface area contributed by atoms with E-state index in [1.807, 2.05) is 41.4 Å². The molecule has 0 N–H and O–H groups in total. The third-order valence-electron chi connectivity index (χ3n) is 6.41. The molecule has 6 heteroatoms. The predicted octanol–water partition coefficient (Wildman–Crippen LogP) is 8.38. The Morgan fingerprint density at radius 2 is 1.61 bits per heavy atom. The number of hydrazone groups is 1. The first-order valence-corrected chi connectivity index (χ1v) is 12.9. The molecule has 2 heterocycles. The van der Waals surface area contributed by atoms with Gasteiger partial charge in [-0.1, -0.05) is 99.8 Å². The van der Waals surface area contributed by atoms with Gasteiger partial charge >= 0.3 is 0 Å². The van der Waals surface area contributed by atoms with Gasteiger partial charge in [-0.2, -0.15) is 5.10 Å². The maximum absolute atomic E-state index is 6.37. The van der Waals surface area contributed by atoms with E-state index in [4.69, 9.17) is 26.7 Å². The third kappa shape index (κ3) is 4.41. The molecule has 6 rings (SSSR count). The minimum absolute atomic E-state index is 0.0259. The number of benzene rings is 4.